The first-order chi connectivity index (χ1) is 14.5. The molecular formula is C22H23N3O5. The minimum Gasteiger partial charge on any atom is -0.507 e. The molecule has 1 amide bonds. The van der Waals surface area contributed by atoms with Gasteiger partial charge < -0.3 is 25.0 Å². The summed E-state index contributed by atoms with van der Waals surface area (Å²) >= 11 is 0. The lowest BCUT2D eigenvalue weighted by Crippen LogP contribution is -2.32. The van der Waals surface area contributed by atoms with E-state index in [1.165, 1.54) is 6.07 Å². The summed E-state index contributed by atoms with van der Waals surface area (Å²) in [7, 11) is 0. The number of aryl methyl sites for hydroxylation is 1. The van der Waals surface area contributed by atoms with Crippen molar-refractivity contribution in [3.8, 4) is 28.5 Å². The highest BCUT2D eigenvalue weighted by molar-refractivity contribution is 6.00. The van der Waals surface area contributed by atoms with Gasteiger partial charge in [-0.05, 0) is 43.7 Å². The zero-order valence-corrected chi connectivity index (χ0v) is 16.7. The molecule has 0 saturated carbocycles. The number of nitrogens with zero attached hydrogens (tertiary/aromatic N) is 2. The summed E-state index contributed by atoms with van der Waals surface area (Å²) in [5.41, 5.74) is 3.55. The molecule has 1 aliphatic heterocycles. The third-order valence-electron chi connectivity index (χ3n) is 5.21. The van der Waals surface area contributed by atoms with Crippen LogP contribution in [0.25, 0.3) is 11.3 Å². The maximum Gasteiger partial charge on any atom is 0.273 e. The number of hydrogen-bond acceptors (Lipinski definition) is 6. The standard InChI is InChI=1S/C22H23N3O5/c1-3-30-17-11-13(5-7-16(17)28)21-18-19(14-10-12(2)4-6-15(14)27)23-24-20(18)22(29)25(21)8-9-26/h4-7,10-11,21,26-28H,3,8-9H2,1-2H3,(H,23,24)/t21-/m1/s1. The normalized spacial score (nSPS) is 15.5. The first-order valence-electron chi connectivity index (χ1n) is 9.72. The Kier molecular flexibility index (Phi) is 5.09. The molecule has 4 rings (SSSR count). The number of benzene rings is 2. The van der Waals surface area contributed by atoms with Gasteiger partial charge in [-0.1, -0.05) is 17.7 Å². The van der Waals surface area contributed by atoms with Gasteiger partial charge in [0.25, 0.3) is 5.91 Å². The van der Waals surface area contributed by atoms with E-state index in [0.29, 0.717) is 40.4 Å². The van der Waals surface area contributed by atoms with Gasteiger partial charge in [0.15, 0.2) is 11.5 Å². The number of aromatic hydroxyl groups is 2. The summed E-state index contributed by atoms with van der Waals surface area (Å²) in [6.45, 7) is 4.01. The van der Waals surface area contributed by atoms with Gasteiger partial charge in [-0.2, -0.15) is 5.10 Å². The number of β-amino-alcohol motifs (C(OH)–C–C–N with tert-alkyl or cyclic N) is 1. The van der Waals surface area contributed by atoms with Crippen LogP contribution in [0.1, 0.15) is 40.1 Å². The van der Waals surface area contributed by atoms with Gasteiger partial charge in [0.1, 0.15) is 17.1 Å². The van der Waals surface area contributed by atoms with Gasteiger partial charge in [0.2, 0.25) is 0 Å². The van der Waals surface area contributed by atoms with Crippen molar-refractivity contribution in [3.63, 3.8) is 0 Å². The fourth-order valence-corrected chi connectivity index (χ4v) is 3.90. The Hall–Kier alpha value is -3.52. The fourth-order valence-electron chi connectivity index (χ4n) is 3.90. The first kappa shape index (κ1) is 19.8. The number of phenols is 2. The number of aliphatic hydroxyl groups excluding tert-OH is 1. The highest BCUT2D eigenvalue weighted by Gasteiger charge is 2.42. The van der Waals surface area contributed by atoms with E-state index in [9.17, 15) is 20.1 Å². The summed E-state index contributed by atoms with van der Waals surface area (Å²) < 4.78 is 5.51. The molecule has 0 radical (unpaired) electrons. The van der Waals surface area contributed by atoms with Crippen LogP contribution in [-0.2, 0) is 0 Å². The molecule has 0 bridgehead atoms. The van der Waals surface area contributed by atoms with Crippen LogP contribution in [0.4, 0.5) is 0 Å². The second-order valence-corrected chi connectivity index (χ2v) is 7.17. The molecule has 0 fully saturated rings. The highest BCUT2D eigenvalue weighted by atomic mass is 16.5. The smallest absolute Gasteiger partial charge is 0.273 e. The predicted molar refractivity (Wildman–Crippen MR) is 110 cm³/mol. The Morgan fingerprint density at radius 2 is 1.93 bits per heavy atom. The number of carbonyl (C=O) groups is 1. The van der Waals surface area contributed by atoms with Crippen molar-refractivity contribution >= 4 is 5.91 Å². The van der Waals surface area contributed by atoms with Crippen molar-refractivity contribution in [2.75, 3.05) is 19.8 Å². The molecule has 0 spiro atoms. The Morgan fingerprint density at radius 1 is 1.17 bits per heavy atom. The fraction of sp³-hybridized carbons (Fsp3) is 0.273. The van der Waals surface area contributed by atoms with E-state index < -0.39 is 6.04 Å². The molecule has 2 aromatic carbocycles. The number of aromatic amines is 1. The van der Waals surface area contributed by atoms with Crippen molar-refractivity contribution in [3.05, 3.63) is 58.8 Å². The Morgan fingerprint density at radius 3 is 2.67 bits per heavy atom. The van der Waals surface area contributed by atoms with E-state index in [-0.39, 0.29) is 30.6 Å². The van der Waals surface area contributed by atoms with Crippen LogP contribution in [0.2, 0.25) is 0 Å². The highest BCUT2D eigenvalue weighted by Crippen LogP contribution is 2.45. The van der Waals surface area contributed by atoms with Gasteiger partial charge in [0.05, 0.1) is 19.3 Å². The Balaban J connectivity index is 1.91. The lowest BCUT2D eigenvalue weighted by atomic mass is 9.95. The molecule has 4 N–H and O–H groups in total. The van der Waals surface area contributed by atoms with Crippen molar-refractivity contribution < 1.29 is 24.9 Å². The zero-order valence-electron chi connectivity index (χ0n) is 16.7. The van der Waals surface area contributed by atoms with E-state index in [0.717, 1.165) is 5.56 Å². The Labute approximate surface area is 173 Å². The number of fused-ring (bicyclic) bond motifs is 1. The number of nitrogens with one attached hydrogen (secondary N) is 1. The second-order valence-electron chi connectivity index (χ2n) is 7.17. The number of phenolic OH excluding ortho intramolecular Hbond substituents is 2. The molecule has 30 heavy (non-hydrogen) atoms. The van der Waals surface area contributed by atoms with Gasteiger partial charge >= 0.3 is 0 Å². The van der Waals surface area contributed by atoms with Crippen LogP contribution < -0.4 is 4.74 Å². The zero-order chi connectivity index (χ0) is 21.4. The van der Waals surface area contributed by atoms with Crippen molar-refractivity contribution in [1.29, 1.82) is 0 Å². The monoisotopic (exact) mass is 409 g/mol. The third kappa shape index (κ3) is 3.15. The number of aliphatic hydroxyl groups is 1. The molecule has 8 heteroatoms. The maximum atomic E-state index is 13.0. The van der Waals surface area contributed by atoms with E-state index >= 15 is 0 Å². The molecule has 8 nitrogen and oxygen atoms in total. The molecule has 3 aromatic rings. The Bertz CT molecular complexity index is 1110. The van der Waals surface area contributed by atoms with Gasteiger partial charge in [-0.3, -0.25) is 9.89 Å². The van der Waals surface area contributed by atoms with Crippen LogP contribution in [0.5, 0.6) is 17.2 Å². The number of ether oxygens (including phenoxy) is 1. The molecule has 0 unspecified atom stereocenters. The number of carbonyl (C=O) groups excluding carboxylic acids is 1. The van der Waals surface area contributed by atoms with Crippen LogP contribution in [-0.4, -0.2) is 56.1 Å². The van der Waals surface area contributed by atoms with Crippen LogP contribution >= 0.6 is 0 Å². The van der Waals surface area contributed by atoms with E-state index in [1.807, 2.05) is 19.9 Å². The summed E-state index contributed by atoms with van der Waals surface area (Å²) in [5.74, 6) is 0.0780. The summed E-state index contributed by atoms with van der Waals surface area (Å²) in [6, 6.07) is 9.55. The third-order valence-corrected chi connectivity index (χ3v) is 5.21. The SMILES string of the molecule is CCOc1cc([C@@H]2c3c(-c4cc(C)ccc4O)n[nH]c3C(=O)N2CCO)ccc1O. The quantitative estimate of drug-likeness (QED) is 0.497. The molecule has 1 aromatic heterocycles. The topological polar surface area (TPSA) is 119 Å². The number of H-pyrrole nitrogens is 1. The number of amides is 1. The van der Waals surface area contributed by atoms with Crippen LogP contribution in [0, 0.1) is 6.92 Å². The van der Waals surface area contributed by atoms with Gasteiger partial charge in [0, 0.05) is 17.7 Å². The predicted octanol–water partition coefficient (Wildman–Crippen LogP) is 2.73. The van der Waals surface area contributed by atoms with E-state index in [1.54, 1.807) is 29.2 Å². The van der Waals surface area contributed by atoms with Gasteiger partial charge in [-0.15, -0.1) is 0 Å². The van der Waals surface area contributed by atoms with Crippen molar-refractivity contribution in [2.24, 2.45) is 0 Å². The first-order valence-corrected chi connectivity index (χ1v) is 9.72. The molecule has 2 heterocycles. The second kappa shape index (κ2) is 7.72. The molecule has 0 saturated heterocycles. The summed E-state index contributed by atoms with van der Waals surface area (Å²) in [5, 5.41) is 37.2. The van der Waals surface area contributed by atoms with Crippen molar-refractivity contribution in [1.82, 2.24) is 15.1 Å². The number of aromatic nitrogens is 2. The average molecular weight is 409 g/mol. The number of hydrogen-bond donors (Lipinski definition) is 4. The minimum atomic E-state index is -0.562. The average Bonchev–Trinajstić information content (AvgIpc) is 3.26. The molecule has 156 valence electrons. The lowest BCUT2D eigenvalue weighted by Gasteiger charge is -2.26. The number of rotatable bonds is 6. The maximum absolute atomic E-state index is 13.0. The largest absolute Gasteiger partial charge is 0.507 e. The van der Waals surface area contributed by atoms with E-state index in [2.05, 4.69) is 10.2 Å². The summed E-state index contributed by atoms with van der Waals surface area (Å²) in [4.78, 5) is 14.6. The van der Waals surface area contributed by atoms with Gasteiger partial charge in [-0.25, -0.2) is 0 Å². The summed E-state index contributed by atoms with van der Waals surface area (Å²) in [6.07, 6.45) is 0. The molecular weight excluding hydrogens is 386 g/mol. The molecule has 1 aliphatic rings. The lowest BCUT2D eigenvalue weighted by molar-refractivity contribution is 0.0706. The van der Waals surface area contributed by atoms with Crippen LogP contribution in [0.3, 0.4) is 0 Å². The minimum absolute atomic E-state index is 0.00241. The van der Waals surface area contributed by atoms with Crippen LogP contribution in [0.15, 0.2) is 36.4 Å². The molecule has 0 aliphatic carbocycles. The van der Waals surface area contributed by atoms with Crippen molar-refractivity contribution in [2.45, 2.75) is 19.9 Å². The molecule has 1 atom stereocenters. The van der Waals surface area contributed by atoms with E-state index in [4.69, 9.17) is 4.74 Å².